The third-order valence-electron chi connectivity index (χ3n) is 4.43. The highest BCUT2D eigenvalue weighted by Gasteiger charge is 2.21. The second-order valence-corrected chi connectivity index (χ2v) is 6.67. The van der Waals surface area contributed by atoms with E-state index in [4.69, 9.17) is 5.73 Å². The Morgan fingerprint density at radius 1 is 1.07 bits per heavy atom. The van der Waals surface area contributed by atoms with Crippen molar-refractivity contribution in [3.05, 3.63) is 71.3 Å². The van der Waals surface area contributed by atoms with E-state index in [9.17, 15) is 9.59 Å². The first-order chi connectivity index (χ1) is 12.4. The van der Waals surface area contributed by atoms with Crippen LogP contribution in [-0.2, 0) is 11.2 Å². The number of carbonyl (C=O) groups is 2. The summed E-state index contributed by atoms with van der Waals surface area (Å²) in [5.74, 6) is -0.417. The molecular formula is C21H28ClN3O2. The van der Waals surface area contributed by atoms with Crippen LogP contribution in [0.4, 0.5) is 0 Å². The maximum atomic E-state index is 12.4. The summed E-state index contributed by atoms with van der Waals surface area (Å²) in [6, 6.07) is 16.8. The fraction of sp³-hybridized carbons (Fsp3) is 0.333. The van der Waals surface area contributed by atoms with Gasteiger partial charge in [0.2, 0.25) is 5.91 Å². The Hall–Kier alpha value is -2.37. The predicted octanol–water partition coefficient (Wildman–Crippen LogP) is 2.81. The van der Waals surface area contributed by atoms with Crippen molar-refractivity contribution in [2.75, 3.05) is 20.6 Å². The molecule has 3 N–H and O–H groups in total. The molecule has 5 nitrogen and oxygen atoms in total. The highest BCUT2D eigenvalue weighted by molar-refractivity contribution is 5.94. The molecule has 6 heteroatoms. The molecule has 2 rings (SSSR count). The number of rotatable bonds is 7. The summed E-state index contributed by atoms with van der Waals surface area (Å²) < 4.78 is 0. The number of hydrogen-bond acceptors (Lipinski definition) is 3. The lowest BCUT2D eigenvalue weighted by Crippen LogP contribution is -2.36. The Bertz CT molecular complexity index is 750. The van der Waals surface area contributed by atoms with Crippen LogP contribution in [0.1, 0.15) is 34.5 Å². The minimum absolute atomic E-state index is 0. The second-order valence-electron chi connectivity index (χ2n) is 6.67. The zero-order valence-corrected chi connectivity index (χ0v) is 16.8. The molecule has 2 atom stereocenters. The number of benzene rings is 2. The number of amides is 2. The molecule has 146 valence electrons. The van der Waals surface area contributed by atoms with Gasteiger partial charge >= 0.3 is 0 Å². The first-order valence-corrected chi connectivity index (χ1v) is 8.79. The van der Waals surface area contributed by atoms with E-state index in [-0.39, 0.29) is 36.2 Å². The van der Waals surface area contributed by atoms with Crippen molar-refractivity contribution < 1.29 is 9.59 Å². The van der Waals surface area contributed by atoms with E-state index >= 15 is 0 Å². The number of hydrogen-bond donors (Lipinski definition) is 2. The predicted molar refractivity (Wildman–Crippen MR) is 111 cm³/mol. The third kappa shape index (κ3) is 6.38. The molecule has 0 heterocycles. The zero-order valence-electron chi connectivity index (χ0n) is 16.0. The normalized spacial score (nSPS) is 12.4. The first-order valence-electron chi connectivity index (χ1n) is 8.79. The van der Waals surface area contributed by atoms with Gasteiger partial charge in [-0.05, 0) is 29.7 Å². The van der Waals surface area contributed by atoms with Gasteiger partial charge in [0.15, 0.2) is 0 Å². The lowest BCUT2D eigenvalue weighted by molar-refractivity contribution is -0.125. The van der Waals surface area contributed by atoms with Gasteiger partial charge in [-0.25, -0.2) is 0 Å². The summed E-state index contributed by atoms with van der Waals surface area (Å²) >= 11 is 0. The molecule has 0 aromatic heterocycles. The Morgan fingerprint density at radius 3 is 2.37 bits per heavy atom. The van der Waals surface area contributed by atoms with Crippen molar-refractivity contribution in [1.29, 1.82) is 0 Å². The summed E-state index contributed by atoms with van der Waals surface area (Å²) in [5.41, 5.74) is 8.81. The van der Waals surface area contributed by atoms with Crippen LogP contribution in [-0.4, -0.2) is 37.4 Å². The fourth-order valence-corrected chi connectivity index (χ4v) is 2.74. The molecule has 0 aliphatic carbocycles. The van der Waals surface area contributed by atoms with Gasteiger partial charge in [0.05, 0.1) is 5.92 Å². The van der Waals surface area contributed by atoms with Crippen LogP contribution in [0.25, 0.3) is 0 Å². The van der Waals surface area contributed by atoms with Crippen LogP contribution in [0, 0.1) is 5.92 Å². The molecule has 0 saturated carbocycles. The van der Waals surface area contributed by atoms with Crippen molar-refractivity contribution >= 4 is 24.2 Å². The monoisotopic (exact) mass is 389 g/mol. The molecule has 0 aliphatic rings. The number of nitrogens with zero attached hydrogens (tertiary/aromatic N) is 1. The van der Waals surface area contributed by atoms with Crippen LogP contribution in [0.3, 0.4) is 0 Å². The van der Waals surface area contributed by atoms with Crippen molar-refractivity contribution in [2.24, 2.45) is 11.7 Å². The molecule has 2 unspecified atom stereocenters. The van der Waals surface area contributed by atoms with Crippen LogP contribution < -0.4 is 11.1 Å². The maximum absolute atomic E-state index is 12.4. The Balaban J connectivity index is 0.00000364. The molecule has 27 heavy (non-hydrogen) atoms. The quantitative estimate of drug-likeness (QED) is 0.764. The fourth-order valence-electron chi connectivity index (χ4n) is 2.74. The highest BCUT2D eigenvalue weighted by Crippen LogP contribution is 2.19. The van der Waals surface area contributed by atoms with Crippen LogP contribution >= 0.6 is 12.4 Å². The zero-order chi connectivity index (χ0) is 19.1. The summed E-state index contributed by atoms with van der Waals surface area (Å²) in [5, 5.41) is 2.94. The number of carbonyl (C=O) groups excluding carboxylic acids is 2. The van der Waals surface area contributed by atoms with Crippen molar-refractivity contribution in [1.82, 2.24) is 10.2 Å². The Morgan fingerprint density at radius 2 is 1.74 bits per heavy atom. The maximum Gasteiger partial charge on any atom is 0.253 e. The molecule has 2 amide bonds. The molecule has 0 radical (unpaired) electrons. The Kier molecular flexibility index (Phi) is 8.98. The van der Waals surface area contributed by atoms with E-state index < -0.39 is 0 Å². The molecule has 0 saturated heterocycles. The molecule has 0 spiro atoms. The van der Waals surface area contributed by atoms with E-state index in [1.165, 1.54) is 0 Å². The largest absolute Gasteiger partial charge is 0.355 e. The smallest absolute Gasteiger partial charge is 0.253 e. The van der Waals surface area contributed by atoms with E-state index in [1.807, 2.05) is 55.5 Å². The topological polar surface area (TPSA) is 75.4 Å². The van der Waals surface area contributed by atoms with Crippen molar-refractivity contribution in [2.45, 2.75) is 19.4 Å². The minimum atomic E-state index is -0.336. The van der Waals surface area contributed by atoms with E-state index in [0.717, 1.165) is 11.1 Å². The Labute approximate surface area is 167 Å². The molecule has 2 aromatic rings. The standard InChI is InChI=1S/C21H27N3O2.ClH/c1-15(19(22)17-9-5-4-6-10-17)20(25)23-13-12-16-8-7-11-18(14-16)21(26)24(2)3;/h4-11,14-15,19H,12-13,22H2,1-3H3,(H,23,25);1H. The van der Waals surface area contributed by atoms with Gasteiger partial charge in [-0.2, -0.15) is 0 Å². The summed E-state index contributed by atoms with van der Waals surface area (Å²) in [4.78, 5) is 25.9. The third-order valence-corrected chi connectivity index (χ3v) is 4.43. The highest BCUT2D eigenvalue weighted by atomic mass is 35.5. The van der Waals surface area contributed by atoms with Gasteiger partial charge in [-0.3, -0.25) is 9.59 Å². The SMILES string of the molecule is CC(C(=O)NCCc1cccc(C(=O)N(C)C)c1)C(N)c1ccccc1.Cl. The van der Waals surface area contributed by atoms with E-state index in [1.54, 1.807) is 25.1 Å². The first kappa shape index (κ1) is 22.7. The van der Waals surface area contributed by atoms with Crippen LogP contribution in [0.15, 0.2) is 54.6 Å². The van der Waals surface area contributed by atoms with Gasteiger partial charge in [0, 0.05) is 32.2 Å². The van der Waals surface area contributed by atoms with Gasteiger partial charge in [0.25, 0.3) is 5.91 Å². The average molecular weight is 390 g/mol. The summed E-state index contributed by atoms with van der Waals surface area (Å²) in [7, 11) is 3.46. The minimum Gasteiger partial charge on any atom is -0.355 e. The van der Waals surface area contributed by atoms with E-state index in [2.05, 4.69) is 5.32 Å². The number of halogens is 1. The van der Waals surface area contributed by atoms with Crippen molar-refractivity contribution in [3.8, 4) is 0 Å². The summed E-state index contributed by atoms with van der Waals surface area (Å²) in [6.45, 7) is 2.34. The van der Waals surface area contributed by atoms with Gasteiger partial charge in [0.1, 0.15) is 0 Å². The lowest BCUT2D eigenvalue weighted by Gasteiger charge is -2.20. The molecule has 0 aliphatic heterocycles. The van der Waals surface area contributed by atoms with Crippen molar-refractivity contribution in [3.63, 3.8) is 0 Å². The van der Waals surface area contributed by atoms with Crippen LogP contribution in [0.2, 0.25) is 0 Å². The molecule has 2 aromatic carbocycles. The molecule has 0 fully saturated rings. The van der Waals surface area contributed by atoms with E-state index in [0.29, 0.717) is 18.5 Å². The van der Waals surface area contributed by atoms with Gasteiger partial charge < -0.3 is 16.0 Å². The summed E-state index contributed by atoms with van der Waals surface area (Å²) in [6.07, 6.45) is 0.660. The van der Waals surface area contributed by atoms with Gasteiger partial charge in [-0.15, -0.1) is 12.4 Å². The van der Waals surface area contributed by atoms with Crippen LogP contribution in [0.5, 0.6) is 0 Å². The second kappa shape index (κ2) is 10.7. The number of nitrogens with one attached hydrogen (secondary N) is 1. The molecule has 0 bridgehead atoms. The van der Waals surface area contributed by atoms with Gasteiger partial charge in [-0.1, -0.05) is 49.4 Å². The average Bonchev–Trinajstić information content (AvgIpc) is 2.67. The number of nitrogens with two attached hydrogens (primary N) is 1. The lowest BCUT2D eigenvalue weighted by atomic mass is 9.94. The molecular weight excluding hydrogens is 362 g/mol.